The number of hydrogen-bond donors (Lipinski definition) is 0. The van der Waals surface area contributed by atoms with Gasteiger partial charge in [-0.1, -0.05) is 35.3 Å². The van der Waals surface area contributed by atoms with Gasteiger partial charge in [-0.2, -0.15) is 0 Å². The van der Waals surface area contributed by atoms with E-state index in [1.807, 2.05) is 6.07 Å². The van der Waals surface area contributed by atoms with Crippen molar-refractivity contribution in [2.75, 3.05) is 21.2 Å². The van der Waals surface area contributed by atoms with Gasteiger partial charge in [-0.3, -0.25) is 19.4 Å². The highest BCUT2D eigenvalue weighted by Gasteiger charge is 2.35. The first-order valence-electron chi connectivity index (χ1n) is 9.88. The van der Waals surface area contributed by atoms with Gasteiger partial charge in [-0.05, 0) is 54.5 Å². The molecule has 0 bridgehead atoms. The largest absolute Gasteiger partial charge is 0.493 e. The second-order valence-corrected chi connectivity index (χ2v) is 8.51. The van der Waals surface area contributed by atoms with E-state index in [1.54, 1.807) is 30.3 Å². The number of allylic oxidation sites excluding steroid dienone is 1. The summed E-state index contributed by atoms with van der Waals surface area (Å²) in [5, 5.41) is 1.18. The standard InChI is InChI=1S/C24H22Cl2N2O4S/c1-5-6-15-9-14(10-18-22(29)27(2)24(33)28(3)23(18)30)11-20(31-4)21(15)32-13-16-7-8-17(25)12-19(16)26/h5,7-12H,1,6,13H2,2-4H3. The summed E-state index contributed by atoms with van der Waals surface area (Å²) < 4.78 is 11.6. The van der Waals surface area contributed by atoms with Crippen LogP contribution in [0.5, 0.6) is 11.5 Å². The molecule has 0 unspecified atom stereocenters. The number of methoxy groups -OCH3 is 1. The fraction of sp³-hybridized carbons (Fsp3) is 0.208. The Hall–Kier alpha value is -2.87. The van der Waals surface area contributed by atoms with Crippen LogP contribution in [-0.4, -0.2) is 47.9 Å². The number of thiocarbonyl (C=S) groups is 1. The molecule has 9 heteroatoms. The van der Waals surface area contributed by atoms with E-state index >= 15 is 0 Å². The quantitative estimate of drug-likeness (QED) is 0.232. The summed E-state index contributed by atoms with van der Waals surface area (Å²) in [5.41, 5.74) is 2.14. The van der Waals surface area contributed by atoms with Gasteiger partial charge in [0.2, 0.25) is 0 Å². The molecule has 1 aliphatic heterocycles. The molecule has 1 aliphatic rings. The first-order chi connectivity index (χ1) is 15.7. The number of ether oxygens (including phenoxy) is 2. The number of halogens is 2. The second-order valence-electron chi connectivity index (χ2n) is 7.30. The Kier molecular flexibility index (Phi) is 7.79. The Balaban J connectivity index is 2.00. The highest BCUT2D eigenvalue weighted by molar-refractivity contribution is 7.80. The van der Waals surface area contributed by atoms with Crippen molar-refractivity contribution in [3.63, 3.8) is 0 Å². The van der Waals surface area contributed by atoms with Crippen molar-refractivity contribution in [1.29, 1.82) is 0 Å². The molecule has 1 fully saturated rings. The first-order valence-corrected chi connectivity index (χ1v) is 11.0. The van der Waals surface area contributed by atoms with Crippen LogP contribution >= 0.6 is 35.4 Å². The molecule has 0 aromatic heterocycles. The summed E-state index contributed by atoms with van der Waals surface area (Å²) in [6, 6.07) is 8.70. The van der Waals surface area contributed by atoms with Gasteiger partial charge in [0, 0.05) is 35.3 Å². The van der Waals surface area contributed by atoms with E-state index in [0.717, 1.165) is 11.1 Å². The van der Waals surface area contributed by atoms with E-state index < -0.39 is 11.8 Å². The van der Waals surface area contributed by atoms with Gasteiger partial charge in [-0.25, -0.2) is 0 Å². The number of benzene rings is 2. The lowest BCUT2D eigenvalue weighted by Crippen LogP contribution is -2.52. The predicted octanol–water partition coefficient (Wildman–Crippen LogP) is 4.91. The molecular formula is C24H22Cl2N2O4S. The molecule has 33 heavy (non-hydrogen) atoms. The van der Waals surface area contributed by atoms with Crippen LogP contribution in [0.15, 0.2) is 48.6 Å². The summed E-state index contributed by atoms with van der Waals surface area (Å²) in [4.78, 5) is 27.9. The van der Waals surface area contributed by atoms with Gasteiger partial charge >= 0.3 is 0 Å². The minimum atomic E-state index is -0.468. The second kappa shape index (κ2) is 10.4. The number of amides is 2. The average Bonchev–Trinajstić information content (AvgIpc) is 2.79. The van der Waals surface area contributed by atoms with Crippen molar-refractivity contribution in [3.8, 4) is 11.5 Å². The molecule has 0 N–H and O–H groups in total. The van der Waals surface area contributed by atoms with Gasteiger partial charge < -0.3 is 9.47 Å². The highest BCUT2D eigenvalue weighted by Crippen LogP contribution is 2.36. The molecule has 0 spiro atoms. The molecule has 1 heterocycles. The maximum absolute atomic E-state index is 12.7. The van der Waals surface area contributed by atoms with E-state index in [4.69, 9.17) is 44.9 Å². The molecular weight excluding hydrogens is 483 g/mol. The molecule has 0 atom stereocenters. The van der Waals surface area contributed by atoms with Gasteiger partial charge in [0.25, 0.3) is 11.8 Å². The minimum Gasteiger partial charge on any atom is -0.493 e. The molecule has 2 aromatic carbocycles. The fourth-order valence-electron chi connectivity index (χ4n) is 3.32. The average molecular weight is 505 g/mol. The molecule has 172 valence electrons. The summed E-state index contributed by atoms with van der Waals surface area (Å²) in [6.07, 6.45) is 3.72. The Morgan fingerprint density at radius 1 is 1.06 bits per heavy atom. The van der Waals surface area contributed by atoms with E-state index in [2.05, 4.69) is 6.58 Å². The van der Waals surface area contributed by atoms with Crippen LogP contribution in [0.2, 0.25) is 10.0 Å². The number of carbonyl (C=O) groups excluding carboxylic acids is 2. The monoisotopic (exact) mass is 504 g/mol. The number of rotatable bonds is 7. The van der Waals surface area contributed by atoms with E-state index in [-0.39, 0.29) is 17.3 Å². The zero-order chi connectivity index (χ0) is 24.3. The van der Waals surface area contributed by atoms with Crippen LogP contribution < -0.4 is 9.47 Å². The summed E-state index contributed by atoms with van der Waals surface area (Å²) in [7, 11) is 4.58. The Morgan fingerprint density at radius 2 is 1.73 bits per heavy atom. The molecule has 2 amide bonds. The van der Waals surface area contributed by atoms with Gasteiger partial charge in [0.1, 0.15) is 12.2 Å². The Morgan fingerprint density at radius 3 is 2.30 bits per heavy atom. The lowest BCUT2D eigenvalue weighted by Gasteiger charge is -2.31. The van der Waals surface area contributed by atoms with Gasteiger partial charge in [0.05, 0.1) is 7.11 Å². The lowest BCUT2D eigenvalue weighted by molar-refractivity contribution is -0.132. The molecule has 0 radical (unpaired) electrons. The predicted molar refractivity (Wildman–Crippen MR) is 134 cm³/mol. The number of carbonyl (C=O) groups is 2. The number of nitrogens with zero attached hydrogens (tertiary/aromatic N) is 2. The van der Waals surface area contributed by atoms with Crippen LogP contribution in [0.3, 0.4) is 0 Å². The fourth-order valence-corrected chi connectivity index (χ4v) is 3.95. The van der Waals surface area contributed by atoms with Crippen molar-refractivity contribution >= 4 is 58.4 Å². The zero-order valence-corrected chi connectivity index (χ0v) is 20.7. The smallest absolute Gasteiger partial charge is 0.265 e. The van der Waals surface area contributed by atoms with Crippen LogP contribution in [0.1, 0.15) is 16.7 Å². The molecule has 0 saturated carbocycles. The third-order valence-corrected chi connectivity index (χ3v) is 6.22. The number of likely N-dealkylation sites (N-methyl/N-ethyl adjacent to an activating group) is 2. The summed E-state index contributed by atoms with van der Waals surface area (Å²) >= 11 is 17.4. The van der Waals surface area contributed by atoms with Crippen molar-refractivity contribution in [1.82, 2.24) is 9.80 Å². The van der Waals surface area contributed by atoms with Crippen molar-refractivity contribution < 1.29 is 19.1 Å². The first kappa shape index (κ1) is 24.8. The molecule has 3 rings (SSSR count). The molecule has 0 aliphatic carbocycles. The SMILES string of the molecule is C=CCc1cc(C=C2C(=O)N(C)C(=S)N(C)C2=O)cc(OC)c1OCc1ccc(Cl)cc1Cl. The van der Waals surface area contributed by atoms with E-state index in [9.17, 15) is 9.59 Å². The topological polar surface area (TPSA) is 59.1 Å². The minimum absolute atomic E-state index is 0.00169. The maximum atomic E-state index is 12.7. The third kappa shape index (κ3) is 5.21. The van der Waals surface area contributed by atoms with E-state index in [1.165, 1.54) is 37.1 Å². The molecule has 2 aromatic rings. The summed E-state index contributed by atoms with van der Waals surface area (Å²) in [5.74, 6) is 0.0246. The van der Waals surface area contributed by atoms with Crippen LogP contribution in [0.25, 0.3) is 6.08 Å². The number of hydrogen-bond acceptors (Lipinski definition) is 5. The highest BCUT2D eigenvalue weighted by atomic mass is 35.5. The zero-order valence-electron chi connectivity index (χ0n) is 18.4. The van der Waals surface area contributed by atoms with E-state index in [0.29, 0.717) is 33.5 Å². The Bertz CT molecular complexity index is 1150. The van der Waals surface area contributed by atoms with Crippen LogP contribution in [-0.2, 0) is 22.6 Å². The lowest BCUT2D eigenvalue weighted by atomic mass is 10.0. The van der Waals surface area contributed by atoms with Crippen molar-refractivity contribution in [3.05, 3.63) is 75.3 Å². The van der Waals surface area contributed by atoms with Crippen molar-refractivity contribution in [2.45, 2.75) is 13.0 Å². The van der Waals surface area contributed by atoms with Crippen molar-refractivity contribution in [2.24, 2.45) is 0 Å². The van der Waals surface area contributed by atoms with Crippen LogP contribution in [0.4, 0.5) is 0 Å². The Labute approximate surface area is 208 Å². The third-order valence-electron chi connectivity index (χ3n) is 5.08. The summed E-state index contributed by atoms with van der Waals surface area (Å²) in [6.45, 7) is 4.00. The van der Waals surface area contributed by atoms with Gasteiger partial charge in [-0.15, -0.1) is 6.58 Å². The molecule has 1 saturated heterocycles. The maximum Gasteiger partial charge on any atom is 0.265 e. The molecule has 6 nitrogen and oxygen atoms in total. The van der Waals surface area contributed by atoms with Crippen LogP contribution in [0, 0.1) is 0 Å². The normalized spacial score (nSPS) is 14.0. The van der Waals surface area contributed by atoms with Gasteiger partial charge in [0.15, 0.2) is 16.6 Å².